The number of amidine groups is 1. The molecule has 0 spiro atoms. The van der Waals surface area contributed by atoms with Gasteiger partial charge in [-0.2, -0.15) is 0 Å². The number of rotatable bonds is 2. The molecule has 0 saturated heterocycles. The number of hydrogen-bond acceptors (Lipinski definition) is 3. The van der Waals surface area contributed by atoms with Crippen LogP contribution in [-0.2, 0) is 0 Å². The van der Waals surface area contributed by atoms with Gasteiger partial charge in [-0.25, -0.2) is 0 Å². The van der Waals surface area contributed by atoms with Crippen LogP contribution in [0.5, 0.6) is 0 Å². The van der Waals surface area contributed by atoms with Crippen LogP contribution in [0.25, 0.3) is 0 Å². The molecule has 15 heavy (non-hydrogen) atoms. The highest BCUT2D eigenvalue weighted by atomic mass is 15.1. The summed E-state index contributed by atoms with van der Waals surface area (Å²) >= 11 is 0. The van der Waals surface area contributed by atoms with Gasteiger partial charge >= 0.3 is 0 Å². The molecule has 80 valence electrons. The van der Waals surface area contributed by atoms with E-state index in [0.29, 0.717) is 0 Å². The lowest BCUT2D eigenvalue weighted by molar-refractivity contribution is 0.951. The lowest BCUT2D eigenvalue weighted by Crippen LogP contribution is -2.10. The molecule has 1 heterocycles. The summed E-state index contributed by atoms with van der Waals surface area (Å²) in [7, 11) is 4.09. The average molecular weight is 203 g/mol. The molecule has 1 N–H and O–H groups in total. The zero-order valence-corrected chi connectivity index (χ0v) is 9.33. The van der Waals surface area contributed by atoms with Crippen LogP contribution in [0, 0.1) is 0 Å². The van der Waals surface area contributed by atoms with Gasteiger partial charge in [-0.1, -0.05) is 0 Å². The molecule has 3 nitrogen and oxygen atoms in total. The van der Waals surface area contributed by atoms with Crippen molar-refractivity contribution < 1.29 is 0 Å². The number of benzene rings is 1. The minimum atomic E-state index is 0.970. The van der Waals surface area contributed by atoms with E-state index in [1.54, 1.807) is 0 Å². The maximum Gasteiger partial charge on any atom is 0.101 e. The van der Waals surface area contributed by atoms with Crippen molar-refractivity contribution in [3.8, 4) is 0 Å². The van der Waals surface area contributed by atoms with Crippen LogP contribution < -0.4 is 10.2 Å². The number of hydrogen-bond donors (Lipinski definition) is 1. The first-order chi connectivity index (χ1) is 7.25. The number of nitrogens with zero attached hydrogens (tertiary/aromatic N) is 2. The number of nitrogens with one attached hydrogen (secondary N) is 1. The highest BCUT2D eigenvalue weighted by Gasteiger charge is 2.05. The van der Waals surface area contributed by atoms with E-state index >= 15 is 0 Å². The van der Waals surface area contributed by atoms with Crippen molar-refractivity contribution in [1.29, 1.82) is 0 Å². The fourth-order valence-electron chi connectivity index (χ4n) is 1.65. The minimum absolute atomic E-state index is 0.970. The molecule has 3 heteroatoms. The lowest BCUT2D eigenvalue weighted by atomic mass is 10.2. The number of anilines is 2. The molecule has 0 aliphatic carbocycles. The van der Waals surface area contributed by atoms with Crippen LogP contribution >= 0.6 is 0 Å². The third-order valence-corrected chi connectivity index (χ3v) is 2.55. The first-order valence-corrected chi connectivity index (χ1v) is 5.33. The van der Waals surface area contributed by atoms with Crippen LogP contribution in [0.15, 0.2) is 29.3 Å². The standard InChI is InChI=1S/C12H17N3/c1-15(2)11-7-5-10(6-8-11)14-12-4-3-9-13-12/h5-8H,3-4,9H2,1-2H3,(H,13,14). The van der Waals surface area contributed by atoms with Gasteiger partial charge in [0.1, 0.15) is 5.84 Å². The predicted octanol–water partition coefficient (Wildman–Crippen LogP) is 2.36. The van der Waals surface area contributed by atoms with Crippen LogP contribution in [0.1, 0.15) is 12.8 Å². The SMILES string of the molecule is CN(C)c1ccc(NC2=NCCC2)cc1. The van der Waals surface area contributed by atoms with E-state index in [4.69, 9.17) is 0 Å². The lowest BCUT2D eigenvalue weighted by Gasteiger charge is -2.13. The molecule has 0 radical (unpaired) electrons. The molecule has 1 aromatic rings. The van der Waals surface area contributed by atoms with Gasteiger partial charge < -0.3 is 10.2 Å². The second-order valence-corrected chi connectivity index (χ2v) is 4.00. The van der Waals surface area contributed by atoms with Crippen molar-refractivity contribution in [2.24, 2.45) is 4.99 Å². The molecular formula is C12H17N3. The normalized spacial score (nSPS) is 14.9. The molecule has 0 bridgehead atoms. The summed E-state index contributed by atoms with van der Waals surface area (Å²) < 4.78 is 0. The molecule has 0 fully saturated rings. The average Bonchev–Trinajstić information content (AvgIpc) is 2.71. The molecule has 2 rings (SSSR count). The van der Waals surface area contributed by atoms with Crippen LogP contribution in [-0.4, -0.2) is 26.5 Å². The maximum atomic E-state index is 4.38. The Labute approximate surface area is 90.8 Å². The van der Waals surface area contributed by atoms with Gasteiger partial charge in [0.05, 0.1) is 0 Å². The summed E-state index contributed by atoms with van der Waals surface area (Å²) in [6, 6.07) is 8.40. The smallest absolute Gasteiger partial charge is 0.101 e. The summed E-state index contributed by atoms with van der Waals surface area (Å²) in [6.45, 7) is 0.970. The minimum Gasteiger partial charge on any atom is -0.378 e. The van der Waals surface area contributed by atoms with Crippen LogP contribution in [0.3, 0.4) is 0 Å². The Morgan fingerprint density at radius 2 is 1.93 bits per heavy atom. The van der Waals surface area contributed by atoms with E-state index in [1.807, 2.05) is 14.1 Å². The van der Waals surface area contributed by atoms with Crippen molar-refractivity contribution in [3.05, 3.63) is 24.3 Å². The van der Waals surface area contributed by atoms with Gasteiger partial charge in [0, 0.05) is 38.4 Å². The first-order valence-electron chi connectivity index (χ1n) is 5.33. The largest absolute Gasteiger partial charge is 0.378 e. The van der Waals surface area contributed by atoms with Gasteiger partial charge in [0.2, 0.25) is 0 Å². The van der Waals surface area contributed by atoms with Gasteiger partial charge in [0.15, 0.2) is 0 Å². The van der Waals surface area contributed by atoms with E-state index in [-0.39, 0.29) is 0 Å². The second-order valence-electron chi connectivity index (χ2n) is 4.00. The predicted molar refractivity (Wildman–Crippen MR) is 65.9 cm³/mol. The van der Waals surface area contributed by atoms with E-state index in [2.05, 4.69) is 39.5 Å². The topological polar surface area (TPSA) is 27.6 Å². The van der Waals surface area contributed by atoms with Crippen molar-refractivity contribution in [2.75, 3.05) is 30.9 Å². The van der Waals surface area contributed by atoms with Crippen molar-refractivity contribution in [1.82, 2.24) is 0 Å². The van der Waals surface area contributed by atoms with Crippen molar-refractivity contribution in [3.63, 3.8) is 0 Å². The molecule has 0 saturated carbocycles. The van der Waals surface area contributed by atoms with Crippen LogP contribution in [0.2, 0.25) is 0 Å². The molecule has 0 amide bonds. The first kappa shape index (κ1) is 10.0. The Bertz CT molecular complexity index is 352. The Hall–Kier alpha value is -1.51. The third kappa shape index (κ3) is 2.49. The Balaban J connectivity index is 2.03. The monoisotopic (exact) mass is 203 g/mol. The zero-order chi connectivity index (χ0) is 10.7. The van der Waals surface area contributed by atoms with Crippen LogP contribution in [0.4, 0.5) is 11.4 Å². The van der Waals surface area contributed by atoms with E-state index in [9.17, 15) is 0 Å². The highest BCUT2D eigenvalue weighted by Crippen LogP contribution is 2.17. The summed E-state index contributed by atoms with van der Waals surface area (Å²) in [5.41, 5.74) is 2.34. The fourth-order valence-corrected chi connectivity index (χ4v) is 1.65. The quantitative estimate of drug-likeness (QED) is 0.799. The molecule has 0 atom stereocenters. The van der Waals surface area contributed by atoms with Gasteiger partial charge in [-0.3, -0.25) is 4.99 Å². The Kier molecular flexibility index (Phi) is 2.90. The van der Waals surface area contributed by atoms with Crippen molar-refractivity contribution in [2.45, 2.75) is 12.8 Å². The van der Waals surface area contributed by atoms with Gasteiger partial charge in [-0.05, 0) is 30.7 Å². The Morgan fingerprint density at radius 3 is 2.47 bits per heavy atom. The molecule has 1 aliphatic rings. The summed E-state index contributed by atoms with van der Waals surface area (Å²) in [6.07, 6.45) is 2.26. The molecule has 0 aromatic heterocycles. The molecular weight excluding hydrogens is 186 g/mol. The summed E-state index contributed by atoms with van der Waals surface area (Å²) in [5.74, 6) is 1.12. The summed E-state index contributed by atoms with van der Waals surface area (Å²) in [4.78, 5) is 6.48. The van der Waals surface area contributed by atoms with E-state index in [1.165, 1.54) is 12.1 Å². The second kappa shape index (κ2) is 4.34. The van der Waals surface area contributed by atoms with Crippen molar-refractivity contribution >= 4 is 17.2 Å². The highest BCUT2D eigenvalue weighted by molar-refractivity contribution is 5.96. The zero-order valence-electron chi connectivity index (χ0n) is 9.33. The van der Waals surface area contributed by atoms with E-state index in [0.717, 1.165) is 24.5 Å². The number of aliphatic imine (C=N–C) groups is 1. The van der Waals surface area contributed by atoms with Gasteiger partial charge in [0.25, 0.3) is 0 Å². The molecule has 1 aliphatic heterocycles. The summed E-state index contributed by atoms with van der Waals surface area (Å²) in [5, 5.41) is 3.34. The molecule has 1 aromatic carbocycles. The maximum absolute atomic E-state index is 4.38. The fraction of sp³-hybridized carbons (Fsp3) is 0.417. The van der Waals surface area contributed by atoms with E-state index < -0.39 is 0 Å². The Morgan fingerprint density at radius 1 is 1.20 bits per heavy atom. The van der Waals surface area contributed by atoms with Gasteiger partial charge in [-0.15, -0.1) is 0 Å². The molecule has 0 unspecified atom stereocenters. The third-order valence-electron chi connectivity index (χ3n) is 2.55.